The Bertz CT molecular complexity index is 1650. The van der Waals surface area contributed by atoms with E-state index in [4.69, 9.17) is 9.08 Å². The van der Waals surface area contributed by atoms with E-state index in [0.29, 0.717) is 30.5 Å². The van der Waals surface area contributed by atoms with Crippen LogP contribution in [0.4, 0.5) is 5.69 Å². The lowest BCUT2D eigenvalue weighted by molar-refractivity contribution is -0.118. The first-order chi connectivity index (χ1) is 20.5. The first-order valence-corrected chi connectivity index (χ1v) is 15.6. The Labute approximate surface area is 253 Å². The lowest BCUT2D eigenvalue weighted by Gasteiger charge is -2.35. The third-order valence-electron chi connectivity index (χ3n) is 7.01. The Morgan fingerprint density at radius 3 is 2.30 bits per heavy atom. The SMILES string of the molecule is Cc1ccc(C=Cc2noc(CCC(=O)N3CC(CN(C)C)Cc4ccccc43)n2)cc1.Cc1ccc(S(=O)(=O)O)cc1. The summed E-state index contributed by atoms with van der Waals surface area (Å²) in [6, 6.07) is 22.4. The number of para-hydroxylation sites is 1. The zero-order chi connectivity index (χ0) is 31.0. The van der Waals surface area contributed by atoms with Crippen molar-refractivity contribution in [3.63, 3.8) is 0 Å². The molecule has 1 N–H and O–H groups in total. The van der Waals surface area contributed by atoms with Gasteiger partial charge in [-0.1, -0.05) is 77.0 Å². The van der Waals surface area contributed by atoms with Crippen LogP contribution in [0.25, 0.3) is 12.2 Å². The van der Waals surface area contributed by atoms with E-state index in [1.54, 1.807) is 12.1 Å². The summed E-state index contributed by atoms with van der Waals surface area (Å²) in [7, 11) is 0.133. The average Bonchev–Trinajstić information content (AvgIpc) is 3.43. The van der Waals surface area contributed by atoms with Crippen LogP contribution >= 0.6 is 0 Å². The van der Waals surface area contributed by atoms with Gasteiger partial charge in [-0.3, -0.25) is 9.35 Å². The van der Waals surface area contributed by atoms with E-state index in [-0.39, 0.29) is 10.8 Å². The largest absolute Gasteiger partial charge is 0.339 e. The van der Waals surface area contributed by atoms with Crippen molar-refractivity contribution in [2.24, 2.45) is 5.92 Å². The van der Waals surface area contributed by atoms with Crippen LogP contribution in [-0.4, -0.2) is 61.1 Å². The number of aromatic nitrogens is 2. The number of fused-ring (bicyclic) bond motifs is 1. The Hall–Kier alpha value is -4.12. The second-order valence-corrected chi connectivity index (χ2v) is 12.5. The van der Waals surface area contributed by atoms with Gasteiger partial charge in [-0.05, 0) is 75.7 Å². The third kappa shape index (κ3) is 9.44. The average molecular weight is 603 g/mol. The molecule has 10 heteroatoms. The maximum atomic E-state index is 13.1. The second kappa shape index (κ2) is 14.4. The summed E-state index contributed by atoms with van der Waals surface area (Å²) in [5.41, 5.74) is 5.52. The molecule has 3 aromatic carbocycles. The van der Waals surface area contributed by atoms with Gasteiger partial charge in [-0.15, -0.1) is 0 Å². The van der Waals surface area contributed by atoms with Crippen molar-refractivity contribution < 1.29 is 22.3 Å². The highest BCUT2D eigenvalue weighted by atomic mass is 32.2. The topological polar surface area (TPSA) is 117 Å². The van der Waals surface area contributed by atoms with Gasteiger partial charge in [0.05, 0.1) is 4.90 Å². The summed E-state index contributed by atoms with van der Waals surface area (Å²) in [4.78, 5) is 21.6. The molecule has 5 rings (SSSR count). The molecular formula is C33H38N4O5S. The molecule has 43 heavy (non-hydrogen) atoms. The second-order valence-electron chi connectivity index (χ2n) is 11.0. The van der Waals surface area contributed by atoms with Crippen LogP contribution in [0.5, 0.6) is 0 Å². The summed E-state index contributed by atoms with van der Waals surface area (Å²) in [5, 5.41) is 4.02. The normalized spacial score (nSPS) is 14.8. The molecular weight excluding hydrogens is 564 g/mol. The highest BCUT2D eigenvalue weighted by molar-refractivity contribution is 7.85. The van der Waals surface area contributed by atoms with Gasteiger partial charge in [-0.25, -0.2) is 0 Å². The summed E-state index contributed by atoms with van der Waals surface area (Å²) in [6.45, 7) is 5.60. The van der Waals surface area contributed by atoms with E-state index >= 15 is 0 Å². The first-order valence-electron chi connectivity index (χ1n) is 14.1. The number of nitrogens with zero attached hydrogens (tertiary/aromatic N) is 4. The molecule has 0 radical (unpaired) electrons. The molecule has 9 nitrogen and oxygen atoms in total. The predicted octanol–water partition coefficient (Wildman–Crippen LogP) is 5.49. The van der Waals surface area contributed by atoms with E-state index in [1.165, 1.54) is 23.3 Å². The van der Waals surface area contributed by atoms with E-state index < -0.39 is 10.1 Å². The van der Waals surface area contributed by atoms with Gasteiger partial charge in [0.2, 0.25) is 11.8 Å². The fraction of sp³-hybridized carbons (Fsp3) is 0.303. The number of anilines is 1. The van der Waals surface area contributed by atoms with E-state index in [2.05, 4.69) is 54.3 Å². The smallest absolute Gasteiger partial charge is 0.294 e. The number of hydrogen-bond donors (Lipinski definition) is 1. The Balaban J connectivity index is 0.000000324. The Kier molecular flexibility index (Phi) is 10.6. The van der Waals surface area contributed by atoms with E-state index in [1.807, 2.05) is 54.3 Å². The van der Waals surface area contributed by atoms with Crippen LogP contribution in [-0.2, 0) is 27.8 Å². The zero-order valence-corrected chi connectivity index (χ0v) is 25.8. The molecule has 0 aliphatic carbocycles. The molecule has 0 saturated heterocycles. The Morgan fingerprint density at radius 1 is 1.00 bits per heavy atom. The minimum atomic E-state index is -4.02. The minimum absolute atomic E-state index is 0.0666. The Morgan fingerprint density at radius 2 is 1.65 bits per heavy atom. The van der Waals surface area contributed by atoms with Crippen molar-refractivity contribution in [2.75, 3.05) is 32.1 Å². The van der Waals surface area contributed by atoms with Crippen molar-refractivity contribution >= 4 is 33.9 Å². The molecule has 1 unspecified atom stereocenters. The predicted molar refractivity (Wildman–Crippen MR) is 168 cm³/mol. The summed E-state index contributed by atoms with van der Waals surface area (Å²) < 4.78 is 34.9. The van der Waals surface area contributed by atoms with Crippen molar-refractivity contribution in [3.05, 3.63) is 107 Å². The van der Waals surface area contributed by atoms with Crippen LogP contribution < -0.4 is 4.90 Å². The quantitative estimate of drug-likeness (QED) is 0.263. The summed E-state index contributed by atoms with van der Waals surface area (Å²) in [6.07, 6.45) is 5.55. The van der Waals surface area contributed by atoms with Crippen LogP contribution in [0, 0.1) is 19.8 Å². The molecule has 0 bridgehead atoms. The maximum Gasteiger partial charge on any atom is 0.294 e. The zero-order valence-electron chi connectivity index (χ0n) is 25.0. The number of aryl methyl sites for hydroxylation is 3. The van der Waals surface area contributed by atoms with Crippen molar-refractivity contribution in [1.29, 1.82) is 0 Å². The van der Waals surface area contributed by atoms with Gasteiger partial charge in [0.1, 0.15) is 0 Å². The number of hydrogen-bond acceptors (Lipinski definition) is 7. The molecule has 0 fully saturated rings. The summed E-state index contributed by atoms with van der Waals surface area (Å²) >= 11 is 0. The van der Waals surface area contributed by atoms with Crippen molar-refractivity contribution in [1.82, 2.24) is 15.0 Å². The standard InChI is InChI=1S/C26H30N4O2.C7H8O3S/c1-19-8-10-20(11-9-19)12-13-24-27-25(32-28-24)14-15-26(31)30-18-21(17-29(2)3)16-22-6-4-5-7-23(22)30;1-6-2-4-7(5-3-6)11(8,9)10/h4-13,21H,14-18H2,1-3H3;2-5H,1H3,(H,8,9,10). The van der Waals surface area contributed by atoms with Crippen LogP contribution in [0.2, 0.25) is 0 Å². The number of rotatable bonds is 8. The van der Waals surface area contributed by atoms with Crippen LogP contribution in [0.15, 0.2) is 82.2 Å². The van der Waals surface area contributed by atoms with Crippen LogP contribution in [0.3, 0.4) is 0 Å². The lowest BCUT2D eigenvalue weighted by atomic mass is 9.91. The molecule has 1 aromatic heterocycles. The van der Waals surface area contributed by atoms with Gasteiger partial charge in [-0.2, -0.15) is 13.4 Å². The molecule has 1 atom stereocenters. The van der Waals surface area contributed by atoms with Gasteiger partial charge in [0.15, 0.2) is 5.82 Å². The molecule has 0 spiro atoms. The lowest BCUT2D eigenvalue weighted by Crippen LogP contribution is -2.43. The highest BCUT2D eigenvalue weighted by Gasteiger charge is 2.28. The fourth-order valence-electron chi connectivity index (χ4n) is 4.90. The minimum Gasteiger partial charge on any atom is -0.339 e. The number of carbonyl (C=O) groups is 1. The molecule has 4 aromatic rings. The van der Waals surface area contributed by atoms with Gasteiger partial charge >= 0.3 is 0 Å². The highest BCUT2D eigenvalue weighted by Crippen LogP contribution is 2.30. The number of carbonyl (C=O) groups excluding carboxylic acids is 1. The first kappa shape index (κ1) is 31.8. The summed E-state index contributed by atoms with van der Waals surface area (Å²) in [5.74, 6) is 1.51. The van der Waals surface area contributed by atoms with Gasteiger partial charge in [0.25, 0.3) is 10.1 Å². The fourth-order valence-corrected chi connectivity index (χ4v) is 5.38. The van der Waals surface area contributed by atoms with Crippen molar-refractivity contribution in [2.45, 2.75) is 38.0 Å². The molecule has 1 aliphatic rings. The van der Waals surface area contributed by atoms with Crippen LogP contribution in [0.1, 0.15) is 40.4 Å². The third-order valence-corrected chi connectivity index (χ3v) is 7.88. The number of benzene rings is 3. The van der Waals surface area contributed by atoms with Gasteiger partial charge in [0, 0.05) is 31.6 Å². The molecule has 226 valence electrons. The number of amides is 1. The maximum absolute atomic E-state index is 13.1. The molecule has 2 heterocycles. The van der Waals surface area contributed by atoms with E-state index in [0.717, 1.165) is 36.3 Å². The molecule has 1 amide bonds. The molecule has 0 saturated carbocycles. The monoisotopic (exact) mass is 602 g/mol. The molecule has 1 aliphatic heterocycles. The van der Waals surface area contributed by atoms with Gasteiger partial charge < -0.3 is 14.3 Å². The van der Waals surface area contributed by atoms with E-state index in [9.17, 15) is 13.2 Å². The van der Waals surface area contributed by atoms with Crippen molar-refractivity contribution in [3.8, 4) is 0 Å².